The van der Waals surface area contributed by atoms with E-state index in [1.807, 2.05) is 4.90 Å². The van der Waals surface area contributed by atoms with Crippen LogP contribution in [-0.2, 0) is 11.3 Å². The lowest BCUT2D eigenvalue weighted by molar-refractivity contribution is -0.274. The van der Waals surface area contributed by atoms with E-state index in [1.165, 1.54) is 35.2 Å². The number of halogens is 5. The standard InChI is InChI=1S/C31H28F5N3O4/c32-25-10-3-20(15-26(25)33)17-38-13-11-30(12-14-38)37-27-16-21(29(41)42-18-19-1-2-19)4-9-24(27)28(40)39(30)22-5-7-23(8-6-22)43-31(34,35)36/h3-10,15-16,19,37H,1-2,11-14,17-18H2. The highest BCUT2D eigenvalue weighted by Crippen LogP contribution is 2.42. The zero-order valence-electron chi connectivity index (χ0n) is 22.9. The minimum atomic E-state index is -4.86. The van der Waals surface area contributed by atoms with E-state index in [-0.39, 0.29) is 5.91 Å². The Labute approximate surface area is 244 Å². The van der Waals surface area contributed by atoms with Crippen molar-refractivity contribution in [3.8, 4) is 5.75 Å². The van der Waals surface area contributed by atoms with Crippen LogP contribution in [-0.4, -0.2) is 48.5 Å². The molecule has 2 heterocycles. The molecule has 1 saturated heterocycles. The number of fused-ring (bicyclic) bond motifs is 1. The highest BCUT2D eigenvalue weighted by Gasteiger charge is 2.47. The van der Waals surface area contributed by atoms with Gasteiger partial charge in [0.2, 0.25) is 0 Å². The molecule has 3 aromatic carbocycles. The van der Waals surface area contributed by atoms with Crippen LogP contribution in [0.5, 0.6) is 5.75 Å². The van der Waals surface area contributed by atoms with Gasteiger partial charge in [0.25, 0.3) is 5.91 Å². The van der Waals surface area contributed by atoms with Gasteiger partial charge in [-0.05, 0) is 78.9 Å². The van der Waals surface area contributed by atoms with Crippen molar-refractivity contribution in [1.29, 1.82) is 0 Å². The molecule has 1 aliphatic carbocycles. The van der Waals surface area contributed by atoms with Crippen molar-refractivity contribution in [3.63, 3.8) is 0 Å². The number of ether oxygens (including phenoxy) is 2. The number of rotatable bonds is 7. The minimum Gasteiger partial charge on any atom is -0.462 e. The lowest BCUT2D eigenvalue weighted by atomic mass is 9.88. The van der Waals surface area contributed by atoms with Gasteiger partial charge in [0.15, 0.2) is 11.6 Å². The largest absolute Gasteiger partial charge is 0.573 e. The molecule has 7 nitrogen and oxygen atoms in total. The van der Waals surface area contributed by atoms with Crippen LogP contribution in [0, 0.1) is 17.6 Å². The fourth-order valence-corrected chi connectivity index (χ4v) is 5.63. The monoisotopic (exact) mass is 601 g/mol. The van der Waals surface area contributed by atoms with Gasteiger partial charge in [-0.2, -0.15) is 0 Å². The molecule has 0 atom stereocenters. The maximum Gasteiger partial charge on any atom is 0.573 e. The van der Waals surface area contributed by atoms with E-state index in [4.69, 9.17) is 4.74 Å². The molecule has 43 heavy (non-hydrogen) atoms. The molecule has 1 saturated carbocycles. The predicted molar refractivity (Wildman–Crippen MR) is 147 cm³/mol. The molecule has 3 aliphatic rings. The van der Waals surface area contributed by atoms with Crippen molar-refractivity contribution in [1.82, 2.24) is 4.90 Å². The van der Waals surface area contributed by atoms with E-state index in [0.717, 1.165) is 37.1 Å². The number of likely N-dealkylation sites (tertiary alicyclic amines) is 1. The quantitative estimate of drug-likeness (QED) is 0.247. The first kappa shape index (κ1) is 28.9. The summed E-state index contributed by atoms with van der Waals surface area (Å²) in [5.74, 6) is -2.76. The van der Waals surface area contributed by atoms with Gasteiger partial charge in [0.1, 0.15) is 11.4 Å². The average Bonchev–Trinajstić information content (AvgIpc) is 3.80. The van der Waals surface area contributed by atoms with Crippen LogP contribution < -0.4 is 15.0 Å². The van der Waals surface area contributed by atoms with Crippen LogP contribution in [0.4, 0.5) is 33.3 Å². The first-order valence-corrected chi connectivity index (χ1v) is 14.0. The summed E-state index contributed by atoms with van der Waals surface area (Å²) >= 11 is 0. The molecule has 1 amide bonds. The fraction of sp³-hybridized carbons (Fsp3) is 0.355. The van der Waals surface area contributed by atoms with Crippen LogP contribution in [0.25, 0.3) is 0 Å². The molecule has 6 rings (SSSR count). The van der Waals surface area contributed by atoms with E-state index >= 15 is 0 Å². The lowest BCUT2D eigenvalue weighted by Gasteiger charge is -2.52. The Morgan fingerprint density at radius 1 is 0.953 bits per heavy atom. The molecule has 1 N–H and O–H groups in total. The van der Waals surface area contributed by atoms with Crippen molar-refractivity contribution in [2.45, 2.75) is 44.3 Å². The molecule has 2 aliphatic heterocycles. The molecule has 0 unspecified atom stereocenters. The lowest BCUT2D eigenvalue weighted by Crippen LogP contribution is -2.64. The maximum absolute atomic E-state index is 14.0. The zero-order chi connectivity index (χ0) is 30.4. The van der Waals surface area contributed by atoms with Gasteiger partial charge in [0.05, 0.1) is 17.7 Å². The number of piperidine rings is 1. The van der Waals surface area contributed by atoms with Gasteiger partial charge in [0, 0.05) is 43.9 Å². The number of hydrogen-bond donors (Lipinski definition) is 1. The van der Waals surface area contributed by atoms with Gasteiger partial charge in [-0.3, -0.25) is 14.6 Å². The van der Waals surface area contributed by atoms with Crippen LogP contribution in [0.1, 0.15) is 52.0 Å². The smallest absolute Gasteiger partial charge is 0.462 e. The van der Waals surface area contributed by atoms with Gasteiger partial charge < -0.3 is 14.8 Å². The van der Waals surface area contributed by atoms with E-state index < -0.39 is 35.4 Å². The molecular formula is C31H28F5N3O4. The van der Waals surface area contributed by atoms with Crippen molar-refractivity contribution in [2.24, 2.45) is 5.92 Å². The van der Waals surface area contributed by atoms with E-state index in [0.29, 0.717) is 73.1 Å². The molecule has 3 aromatic rings. The Kier molecular flexibility index (Phi) is 7.49. The summed E-state index contributed by atoms with van der Waals surface area (Å²) < 4.78 is 74.9. The first-order chi connectivity index (χ1) is 20.5. The number of nitrogens with zero attached hydrogens (tertiary/aromatic N) is 2. The Bertz CT molecular complexity index is 1530. The van der Waals surface area contributed by atoms with Gasteiger partial charge in [-0.15, -0.1) is 13.2 Å². The van der Waals surface area contributed by atoms with Gasteiger partial charge >= 0.3 is 12.3 Å². The van der Waals surface area contributed by atoms with Crippen LogP contribution >= 0.6 is 0 Å². The minimum absolute atomic E-state index is 0.296. The fourth-order valence-electron chi connectivity index (χ4n) is 5.63. The third-order valence-corrected chi connectivity index (χ3v) is 8.03. The average molecular weight is 602 g/mol. The highest BCUT2D eigenvalue weighted by molar-refractivity contribution is 6.13. The first-order valence-electron chi connectivity index (χ1n) is 14.0. The molecule has 226 valence electrons. The summed E-state index contributed by atoms with van der Waals surface area (Å²) in [5.41, 5.74) is 1.02. The number of alkyl halides is 3. The second-order valence-corrected chi connectivity index (χ2v) is 11.2. The molecular weight excluding hydrogens is 573 g/mol. The zero-order valence-corrected chi connectivity index (χ0v) is 22.9. The summed E-state index contributed by atoms with van der Waals surface area (Å²) in [7, 11) is 0. The number of benzene rings is 3. The Hall–Kier alpha value is -4.19. The number of carbonyl (C=O) groups is 2. The maximum atomic E-state index is 14.0. The topological polar surface area (TPSA) is 71.1 Å². The number of anilines is 2. The number of carbonyl (C=O) groups excluding carboxylic acids is 2. The summed E-state index contributed by atoms with van der Waals surface area (Å²) in [6.45, 7) is 1.63. The second-order valence-electron chi connectivity index (χ2n) is 11.2. The molecule has 0 bridgehead atoms. The summed E-state index contributed by atoms with van der Waals surface area (Å²) in [4.78, 5) is 30.3. The highest BCUT2D eigenvalue weighted by atomic mass is 19.4. The van der Waals surface area contributed by atoms with E-state index in [9.17, 15) is 31.5 Å². The van der Waals surface area contributed by atoms with Crippen molar-refractivity contribution >= 4 is 23.3 Å². The molecule has 0 radical (unpaired) electrons. The number of amides is 1. The second kappa shape index (κ2) is 11.1. The third kappa shape index (κ3) is 6.29. The van der Waals surface area contributed by atoms with Gasteiger partial charge in [-0.25, -0.2) is 13.6 Å². The van der Waals surface area contributed by atoms with E-state index in [2.05, 4.69) is 10.1 Å². The number of nitrogens with one attached hydrogen (secondary N) is 1. The van der Waals surface area contributed by atoms with Crippen molar-refractivity contribution < 1.29 is 41.0 Å². The summed E-state index contributed by atoms with van der Waals surface area (Å²) in [5, 5.41) is 3.47. The third-order valence-electron chi connectivity index (χ3n) is 8.03. The van der Waals surface area contributed by atoms with Crippen molar-refractivity contribution in [2.75, 3.05) is 29.9 Å². The van der Waals surface area contributed by atoms with Crippen molar-refractivity contribution in [3.05, 3.63) is 89.0 Å². The Balaban J connectivity index is 1.28. The van der Waals surface area contributed by atoms with Crippen LogP contribution in [0.2, 0.25) is 0 Å². The number of esters is 1. The predicted octanol–water partition coefficient (Wildman–Crippen LogP) is 6.49. The molecule has 1 spiro atoms. The van der Waals surface area contributed by atoms with Gasteiger partial charge in [-0.1, -0.05) is 6.07 Å². The van der Waals surface area contributed by atoms with Crippen LogP contribution in [0.15, 0.2) is 60.7 Å². The molecule has 0 aromatic heterocycles. The number of hydrogen-bond acceptors (Lipinski definition) is 6. The Morgan fingerprint density at radius 3 is 2.33 bits per heavy atom. The molecule has 2 fully saturated rings. The van der Waals surface area contributed by atoms with E-state index in [1.54, 1.807) is 6.07 Å². The van der Waals surface area contributed by atoms with Crippen LogP contribution in [0.3, 0.4) is 0 Å². The SMILES string of the molecule is O=C(OCC1CC1)c1ccc2c(c1)NC1(CCN(Cc3ccc(F)c(F)c3)CC1)N(c1ccc(OC(F)(F)F)cc1)C2=O. The summed E-state index contributed by atoms with van der Waals surface area (Å²) in [6, 6.07) is 13.5. The normalized spacial score (nSPS) is 18.3. The Morgan fingerprint density at radius 2 is 1.67 bits per heavy atom. The molecule has 12 heteroatoms. The summed E-state index contributed by atoms with van der Waals surface area (Å²) in [6.07, 6.45) is -2.02.